The van der Waals surface area contributed by atoms with E-state index < -0.39 is 11.7 Å². The van der Waals surface area contributed by atoms with Gasteiger partial charge in [-0.1, -0.05) is 36.4 Å². The molecule has 0 aliphatic heterocycles. The van der Waals surface area contributed by atoms with Crippen LogP contribution in [0.1, 0.15) is 21.6 Å². The molecule has 0 aliphatic rings. The van der Waals surface area contributed by atoms with Crippen LogP contribution in [0.4, 0.5) is 19.0 Å². The predicted molar refractivity (Wildman–Crippen MR) is 107 cm³/mol. The minimum Gasteiger partial charge on any atom is -0.363 e. The molecule has 4 nitrogen and oxygen atoms in total. The summed E-state index contributed by atoms with van der Waals surface area (Å²) < 4.78 is 38.4. The molecule has 150 valence electrons. The quantitative estimate of drug-likeness (QED) is 0.673. The molecule has 0 unspecified atom stereocenters. The molecule has 1 heterocycles. The monoisotopic (exact) mass is 399 g/mol. The number of alkyl halides is 3. The normalized spacial score (nSPS) is 11.2. The van der Waals surface area contributed by atoms with Gasteiger partial charge in [0.15, 0.2) is 0 Å². The molecule has 7 heteroatoms. The molecule has 0 saturated heterocycles. The Kier molecular flexibility index (Phi) is 5.87. The van der Waals surface area contributed by atoms with E-state index in [1.165, 1.54) is 12.1 Å². The van der Waals surface area contributed by atoms with Crippen LogP contribution >= 0.6 is 0 Å². The fourth-order valence-electron chi connectivity index (χ4n) is 2.85. The number of anilines is 1. The summed E-state index contributed by atoms with van der Waals surface area (Å²) in [6, 6.07) is 17.1. The first kappa shape index (κ1) is 20.4. The molecular weight excluding hydrogens is 379 g/mol. The van der Waals surface area contributed by atoms with Crippen molar-refractivity contribution in [2.24, 2.45) is 0 Å². The molecule has 3 rings (SSSR count). The van der Waals surface area contributed by atoms with E-state index in [0.29, 0.717) is 22.4 Å². The van der Waals surface area contributed by atoms with E-state index in [0.717, 1.165) is 18.0 Å². The van der Waals surface area contributed by atoms with E-state index in [2.05, 4.69) is 10.3 Å². The molecular formula is C22H20F3N3O. The van der Waals surface area contributed by atoms with Crippen LogP contribution in [0.15, 0.2) is 66.7 Å². The van der Waals surface area contributed by atoms with Crippen LogP contribution in [0.25, 0.3) is 11.1 Å². The van der Waals surface area contributed by atoms with Crippen molar-refractivity contribution in [3.8, 4) is 11.1 Å². The number of amides is 1. The van der Waals surface area contributed by atoms with E-state index in [-0.39, 0.29) is 12.5 Å². The van der Waals surface area contributed by atoms with Crippen molar-refractivity contribution in [1.29, 1.82) is 0 Å². The number of benzene rings is 2. The smallest absolute Gasteiger partial charge is 0.363 e. The number of hydrogen-bond acceptors (Lipinski definition) is 3. The lowest BCUT2D eigenvalue weighted by molar-refractivity contribution is -0.137. The number of carbonyl (C=O) groups is 1. The number of pyridine rings is 1. The Morgan fingerprint density at radius 3 is 2.31 bits per heavy atom. The van der Waals surface area contributed by atoms with E-state index >= 15 is 0 Å². The maximum absolute atomic E-state index is 12.8. The van der Waals surface area contributed by atoms with Gasteiger partial charge in [-0.3, -0.25) is 4.79 Å². The SMILES string of the molecule is CN(C)c1cccc(CNC(=O)c2ccccc2-c2ccc(C(F)(F)F)cc2)n1. The maximum Gasteiger partial charge on any atom is 0.416 e. The number of aromatic nitrogens is 1. The number of hydrogen-bond donors (Lipinski definition) is 1. The third-order valence-electron chi connectivity index (χ3n) is 4.38. The van der Waals surface area contributed by atoms with Crippen LogP contribution < -0.4 is 10.2 Å². The molecule has 1 amide bonds. The lowest BCUT2D eigenvalue weighted by Crippen LogP contribution is -2.24. The van der Waals surface area contributed by atoms with Gasteiger partial charge in [0.05, 0.1) is 17.8 Å². The summed E-state index contributed by atoms with van der Waals surface area (Å²) in [5, 5.41) is 2.83. The van der Waals surface area contributed by atoms with Crippen LogP contribution in [-0.2, 0) is 12.7 Å². The highest BCUT2D eigenvalue weighted by Crippen LogP contribution is 2.31. The van der Waals surface area contributed by atoms with E-state index in [9.17, 15) is 18.0 Å². The minimum absolute atomic E-state index is 0.238. The molecule has 1 aromatic heterocycles. The summed E-state index contributed by atoms with van der Waals surface area (Å²) in [7, 11) is 3.76. The lowest BCUT2D eigenvalue weighted by Gasteiger charge is -2.14. The Morgan fingerprint density at radius 2 is 1.66 bits per heavy atom. The summed E-state index contributed by atoms with van der Waals surface area (Å²) >= 11 is 0. The van der Waals surface area contributed by atoms with Crippen molar-refractivity contribution in [2.45, 2.75) is 12.7 Å². The summed E-state index contributed by atoms with van der Waals surface area (Å²) in [6.07, 6.45) is -4.40. The van der Waals surface area contributed by atoms with Gasteiger partial charge in [-0.2, -0.15) is 13.2 Å². The van der Waals surface area contributed by atoms with Crippen LogP contribution in [0.2, 0.25) is 0 Å². The van der Waals surface area contributed by atoms with Crippen LogP contribution in [0, 0.1) is 0 Å². The fraction of sp³-hybridized carbons (Fsp3) is 0.182. The summed E-state index contributed by atoms with van der Waals surface area (Å²) in [4.78, 5) is 19.0. The number of halogens is 3. The molecule has 0 spiro atoms. The van der Waals surface area contributed by atoms with Crippen molar-refractivity contribution >= 4 is 11.7 Å². The van der Waals surface area contributed by atoms with Crippen LogP contribution in [0.3, 0.4) is 0 Å². The summed E-state index contributed by atoms with van der Waals surface area (Å²) in [5.74, 6) is 0.458. The Morgan fingerprint density at radius 1 is 0.966 bits per heavy atom. The van der Waals surface area contributed by atoms with Crippen molar-refractivity contribution < 1.29 is 18.0 Å². The van der Waals surface area contributed by atoms with E-state index in [1.807, 2.05) is 37.2 Å². The average Bonchev–Trinajstić information content (AvgIpc) is 2.71. The molecule has 3 aromatic rings. The number of rotatable bonds is 5. The zero-order chi connectivity index (χ0) is 21.0. The van der Waals surface area contributed by atoms with Gasteiger partial charge in [0.25, 0.3) is 5.91 Å². The Labute approximate surface area is 167 Å². The van der Waals surface area contributed by atoms with Gasteiger partial charge < -0.3 is 10.2 Å². The van der Waals surface area contributed by atoms with Crippen molar-refractivity contribution in [3.63, 3.8) is 0 Å². The van der Waals surface area contributed by atoms with Crippen molar-refractivity contribution in [3.05, 3.63) is 83.6 Å². The van der Waals surface area contributed by atoms with Crippen molar-refractivity contribution in [1.82, 2.24) is 10.3 Å². The number of nitrogens with zero attached hydrogens (tertiary/aromatic N) is 2. The fourth-order valence-corrected chi connectivity index (χ4v) is 2.85. The van der Waals surface area contributed by atoms with Gasteiger partial charge in [0.2, 0.25) is 0 Å². The van der Waals surface area contributed by atoms with E-state index in [4.69, 9.17) is 0 Å². The first-order valence-corrected chi connectivity index (χ1v) is 8.94. The van der Waals surface area contributed by atoms with Gasteiger partial charge in [-0.25, -0.2) is 4.98 Å². The third-order valence-corrected chi connectivity index (χ3v) is 4.38. The van der Waals surface area contributed by atoms with E-state index in [1.54, 1.807) is 24.3 Å². The molecule has 29 heavy (non-hydrogen) atoms. The van der Waals surface area contributed by atoms with Gasteiger partial charge in [-0.05, 0) is 41.5 Å². The molecule has 0 bridgehead atoms. The second kappa shape index (κ2) is 8.34. The predicted octanol–water partition coefficient (Wildman–Crippen LogP) is 4.76. The zero-order valence-corrected chi connectivity index (χ0v) is 16.0. The molecule has 1 N–H and O–H groups in total. The Hall–Kier alpha value is -3.35. The molecule has 0 saturated carbocycles. The third kappa shape index (κ3) is 4.93. The van der Waals surface area contributed by atoms with Gasteiger partial charge >= 0.3 is 6.18 Å². The maximum atomic E-state index is 12.8. The molecule has 0 atom stereocenters. The van der Waals surface area contributed by atoms with Gasteiger partial charge in [-0.15, -0.1) is 0 Å². The standard InChI is InChI=1S/C22H20F3N3O/c1-28(2)20-9-5-6-17(27-20)14-26-21(29)19-8-4-3-7-18(19)15-10-12-16(13-11-15)22(23,24)25/h3-13H,14H2,1-2H3,(H,26,29). The number of nitrogens with one attached hydrogen (secondary N) is 1. The second-order valence-electron chi connectivity index (χ2n) is 6.68. The Bertz CT molecular complexity index is 999. The Balaban J connectivity index is 1.79. The lowest BCUT2D eigenvalue weighted by atomic mass is 9.98. The molecule has 0 fully saturated rings. The average molecular weight is 399 g/mol. The molecule has 2 aromatic carbocycles. The van der Waals surface area contributed by atoms with Crippen molar-refractivity contribution in [2.75, 3.05) is 19.0 Å². The van der Waals surface area contributed by atoms with Crippen LogP contribution in [-0.4, -0.2) is 25.0 Å². The highest BCUT2D eigenvalue weighted by Gasteiger charge is 2.30. The minimum atomic E-state index is -4.40. The zero-order valence-electron chi connectivity index (χ0n) is 16.0. The topological polar surface area (TPSA) is 45.2 Å². The van der Waals surface area contributed by atoms with Gasteiger partial charge in [0.1, 0.15) is 5.82 Å². The van der Waals surface area contributed by atoms with Crippen LogP contribution in [0.5, 0.6) is 0 Å². The largest absolute Gasteiger partial charge is 0.416 e. The summed E-state index contributed by atoms with van der Waals surface area (Å²) in [6.45, 7) is 0.238. The first-order chi connectivity index (χ1) is 13.8. The van der Waals surface area contributed by atoms with Gasteiger partial charge in [0, 0.05) is 19.7 Å². The molecule has 0 radical (unpaired) electrons. The molecule has 0 aliphatic carbocycles. The number of carbonyl (C=O) groups excluding carboxylic acids is 1. The first-order valence-electron chi connectivity index (χ1n) is 8.94. The summed E-state index contributed by atoms with van der Waals surface area (Å²) in [5.41, 5.74) is 1.47. The second-order valence-corrected chi connectivity index (χ2v) is 6.68. The highest BCUT2D eigenvalue weighted by molar-refractivity contribution is 6.00. The highest BCUT2D eigenvalue weighted by atomic mass is 19.4.